The number of hydrogen-bond donors (Lipinski definition) is 0. The molecule has 0 fully saturated rings. The van der Waals surface area contributed by atoms with Gasteiger partial charge >= 0.3 is 0 Å². The summed E-state index contributed by atoms with van der Waals surface area (Å²) < 4.78 is 0. The van der Waals surface area contributed by atoms with Crippen LogP contribution in [0.2, 0.25) is 0 Å². The van der Waals surface area contributed by atoms with Gasteiger partial charge in [0, 0.05) is 31.1 Å². The van der Waals surface area contributed by atoms with Crippen LogP contribution in [0.5, 0.6) is 0 Å². The van der Waals surface area contributed by atoms with Crippen molar-refractivity contribution in [1.82, 2.24) is 0 Å². The Morgan fingerprint density at radius 1 is 0.500 bits per heavy atom. The minimum atomic E-state index is 0. The molecular formula is C7H9U-. The molecule has 0 saturated heterocycles. The normalized spacial score (nSPS) is 6.00. The molecule has 0 aromatic heterocycles. The summed E-state index contributed by atoms with van der Waals surface area (Å²) in [6.45, 7) is 0. The van der Waals surface area contributed by atoms with Gasteiger partial charge in [-0.1, -0.05) is 36.4 Å². The summed E-state index contributed by atoms with van der Waals surface area (Å²) in [6, 6.07) is 12.0. The van der Waals surface area contributed by atoms with Crippen LogP contribution in [0.25, 0.3) is 0 Å². The summed E-state index contributed by atoms with van der Waals surface area (Å²) in [5, 5.41) is 0. The van der Waals surface area contributed by atoms with Gasteiger partial charge in [-0.15, -0.1) is 0 Å². The fourth-order valence-corrected chi connectivity index (χ4v) is 0.385. The predicted octanol–water partition coefficient (Wildman–Crippen LogP) is 2.14. The van der Waals surface area contributed by atoms with E-state index in [1.165, 1.54) is 0 Å². The number of benzene rings is 1. The first kappa shape index (κ1) is 11.1. The van der Waals surface area contributed by atoms with Gasteiger partial charge in [0.05, 0.1) is 0 Å². The molecule has 0 radical (unpaired) electrons. The molecule has 1 heteroatoms. The Balaban J connectivity index is 0. The van der Waals surface area contributed by atoms with Crippen molar-refractivity contribution >= 4 is 0 Å². The molecule has 0 atom stereocenters. The maximum atomic E-state index is 2.00. The summed E-state index contributed by atoms with van der Waals surface area (Å²) in [5.41, 5.74) is 0. The van der Waals surface area contributed by atoms with Crippen molar-refractivity contribution < 1.29 is 31.1 Å². The van der Waals surface area contributed by atoms with Gasteiger partial charge in [0.15, 0.2) is 0 Å². The monoisotopic (exact) mass is 331 g/mol. The first-order valence-corrected chi connectivity index (χ1v) is 2.00. The van der Waals surface area contributed by atoms with E-state index in [0.717, 1.165) is 0 Å². The zero-order valence-corrected chi connectivity index (χ0v) is 9.13. The molecule has 0 spiro atoms. The van der Waals surface area contributed by atoms with E-state index in [0.29, 0.717) is 0 Å². The summed E-state index contributed by atoms with van der Waals surface area (Å²) in [7, 11) is 0. The molecule has 0 unspecified atom stereocenters. The maximum Gasteiger partial charge on any atom is 0 e. The molecule has 1 aromatic rings. The molecule has 1 aromatic carbocycles. The van der Waals surface area contributed by atoms with E-state index in [1.54, 1.807) is 0 Å². The fraction of sp³-hybridized carbons (Fsp3) is 0. The van der Waals surface area contributed by atoms with Crippen molar-refractivity contribution in [2.45, 2.75) is 0 Å². The molecule has 0 nitrogen and oxygen atoms in total. The largest absolute Gasteiger partial charge is 0.358 e. The molecule has 0 heterocycles. The van der Waals surface area contributed by atoms with Crippen molar-refractivity contribution in [3.63, 3.8) is 0 Å². The Kier molecular flexibility index (Phi) is 10.1. The van der Waals surface area contributed by atoms with Crippen LogP contribution in [0.3, 0.4) is 0 Å². The minimum Gasteiger partial charge on any atom is -0.358 e. The van der Waals surface area contributed by atoms with E-state index in [2.05, 4.69) is 0 Å². The molecule has 1 rings (SSSR count). The van der Waals surface area contributed by atoms with Crippen molar-refractivity contribution in [2.75, 3.05) is 0 Å². The Hall–Kier alpha value is 0.272. The number of hydrogen-bond acceptors (Lipinski definition) is 0. The molecule has 0 N–H and O–H groups in total. The molecule has 8 heavy (non-hydrogen) atoms. The van der Waals surface area contributed by atoms with Gasteiger partial charge in [-0.3, -0.25) is 0 Å². The molecule has 0 aliphatic carbocycles. The standard InChI is InChI=1S/C6H6.CH3.U/c1-2-4-6-5-3-1;;/h1-6H;1H3;/q;-1;. The van der Waals surface area contributed by atoms with Crippen LogP contribution < -0.4 is 0 Å². The van der Waals surface area contributed by atoms with Crippen LogP contribution in [-0.2, 0) is 0 Å². The third-order valence-corrected chi connectivity index (χ3v) is 0.667. The van der Waals surface area contributed by atoms with E-state index >= 15 is 0 Å². The van der Waals surface area contributed by atoms with Crippen LogP contribution >= 0.6 is 0 Å². The van der Waals surface area contributed by atoms with Crippen LogP contribution in [0.15, 0.2) is 36.4 Å². The van der Waals surface area contributed by atoms with E-state index in [1.807, 2.05) is 36.4 Å². The van der Waals surface area contributed by atoms with Gasteiger partial charge in [-0.05, 0) is 0 Å². The maximum absolute atomic E-state index is 2.00. The van der Waals surface area contributed by atoms with Crippen molar-refractivity contribution in [1.29, 1.82) is 0 Å². The van der Waals surface area contributed by atoms with Gasteiger partial charge in [0.2, 0.25) is 0 Å². The second-order valence-electron chi connectivity index (χ2n) is 1.15. The Bertz CT molecular complexity index is 76.3. The Morgan fingerprint density at radius 2 is 0.625 bits per heavy atom. The second kappa shape index (κ2) is 7.27. The average Bonchev–Trinajstić information content (AvgIpc) is 1.72. The van der Waals surface area contributed by atoms with Gasteiger partial charge < -0.3 is 7.43 Å². The summed E-state index contributed by atoms with van der Waals surface area (Å²) in [6.07, 6.45) is 0. The second-order valence-corrected chi connectivity index (χ2v) is 1.15. The van der Waals surface area contributed by atoms with Crippen LogP contribution in [-0.4, -0.2) is 0 Å². The topological polar surface area (TPSA) is 0 Å². The van der Waals surface area contributed by atoms with E-state index < -0.39 is 0 Å². The van der Waals surface area contributed by atoms with Gasteiger partial charge in [0.1, 0.15) is 0 Å². The van der Waals surface area contributed by atoms with Crippen molar-refractivity contribution in [2.24, 2.45) is 0 Å². The van der Waals surface area contributed by atoms with E-state index in [-0.39, 0.29) is 38.5 Å². The SMILES string of the molecule is [CH3-].[U].c1ccccc1. The van der Waals surface area contributed by atoms with E-state index in [4.69, 9.17) is 0 Å². The predicted molar refractivity (Wildman–Crippen MR) is 32.9 cm³/mol. The quantitative estimate of drug-likeness (QED) is 0.639. The van der Waals surface area contributed by atoms with Crippen LogP contribution in [0.1, 0.15) is 0 Å². The first-order chi connectivity index (χ1) is 3.00. The van der Waals surface area contributed by atoms with Gasteiger partial charge in [-0.2, -0.15) is 0 Å². The third kappa shape index (κ3) is 4.43. The number of rotatable bonds is 0. The van der Waals surface area contributed by atoms with Crippen molar-refractivity contribution in [3.05, 3.63) is 43.8 Å². The van der Waals surface area contributed by atoms with Crippen LogP contribution in [0, 0.1) is 38.5 Å². The third-order valence-electron chi connectivity index (χ3n) is 0.667. The zero-order chi connectivity index (χ0) is 4.24. The molecular weight excluding hydrogens is 322 g/mol. The molecule has 0 bridgehead atoms. The van der Waals surface area contributed by atoms with Gasteiger partial charge in [-0.25, -0.2) is 0 Å². The van der Waals surface area contributed by atoms with Gasteiger partial charge in [0.25, 0.3) is 0 Å². The minimum absolute atomic E-state index is 0. The van der Waals surface area contributed by atoms with Crippen molar-refractivity contribution in [3.8, 4) is 0 Å². The smallest absolute Gasteiger partial charge is 0 e. The zero-order valence-electron chi connectivity index (χ0n) is 4.96. The average molecular weight is 331 g/mol. The molecule has 0 aliphatic rings. The first-order valence-electron chi connectivity index (χ1n) is 2.00. The fourth-order valence-electron chi connectivity index (χ4n) is 0.385. The summed E-state index contributed by atoms with van der Waals surface area (Å²) in [4.78, 5) is 0. The van der Waals surface area contributed by atoms with Crippen LogP contribution in [0.4, 0.5) is 0 Å². The molecule has 0 aliphatic heterocycles. The molecule has 42 valence electrons. The summed E-state index contributed by atoms with van der Waals surface area (Å²) in [5.74, 6) is 0. The Labute approximate surface area is 74.7 Å². The summed E-state index contributed by atoms with van der Waals surface area (Å²) >= 11 is 0. The van der Waals surface area contributed by atoms with E-state index in [9.17, 15) is 0 Å². The molecule has 0 saturated carbocycles. The molecule has 0 amide bonds. The Morgan fingerprint density at radius 3 is 0.750 bits per heavy atom.